The van der Waals surface area contributed by atoms with Gasteiger partial charge in [0.2, 0.25) is 5.95 Å². The summed E-state index contributed by atoms with van der Waals surface area (Å²) in [5, 5.41) is 0.0911. The molecule has 0 radical (unpaired) electrons. The second-order valence-electron chi connectivity index (χ2n) is 10.8. The van der Waals surface area contributed by atoms with Gasteiger partial charge in [-0.2, -0.15) is 8.42 Å². The van der Waals surface area contributed by atoms with E-state index in [1.807, 2.05) is 52.0 Å². The highest BCUT2D eigenvalue weighted by Gasteiger charge is 2.53. The monoisotopic (exact) mass is 577 g/mol. The SMILES string of the molecule is CC1(C)OB(c2ccc(C[C@]3(C)C(=O)N(c4cc(Cl)cc(Cl)c4)c4ncc(S(=O)(=O)O)n43)cc2)OC1(C)C. The minimum absolute atomic E-state index is 0.0253. The van der Waals surface area contributed by atoms with Crippen LogP contribution in [-0.2, 0) is 36.2 Å². The largest absolute Gasteiger partial charge is 0.494 e. The van der Waals surface area contributed by atoms with Gasteiger partial charge in [-0.15, -0.1) is 0 Å². The predicted octanol–water partition coefficient (Wildman–Crippen LogP) is 4.37. The van der Waals surface area contributed by atoms with Crippen LogP contribution in [0.1, 0.15) is 40.2 Å². The molecule has 0 bridgehead atoms. The third kappa shape index (κ3) is 4.35. The van der Waals surface area contributed by atoms with Crippen LogP contribution in [0.4, 0.5) is 11.6 Å². The zero-order valence-electron chi connectivity index (χ0n) is 21.4. The van der Waals surface area contributed by atoms with E-state index in [4.69, 9.17) is 32.5 Å². The fourth-order valence-corrected chi connectivity index (χ4v) is 6.00. The van der Waals surface area contributed by atoms with Gasteiger partial charge in [0.25, 0.3) is 5.91 Å². The van der Waals surface area contributed by atoms with Crippen LogP contribution >= 0.6 is 23.2 Å². The van der Waals surface area contributed by atoms with E-state index in [0.717, 1.165) is 17.2 Å². The number of hydrogen-bond donors (Lipinski definition) is 1. The fraction of sp³-hybridized carbons (Fsp3) is 0.360. The molecule has 1 N–H and O–H groups in total. The summed E-state index contributed by atoms with van der Waals surface area (Å²) in [5.74, 6) is -0.434. The predicted molar refractivity (Wildman–Crippen MR) is 145 cm³/mol. The van der Waals surface area contributed by atoms with Crippen LogP contribution in [-0.4, -0.2) is 46.7 Å². The van der Waals surface area contributed by atoms with Crippen molar-refractivity contribution in [2.75, 3.05) is 4.90 Å². The van der Waals surface area contributed by atoms with Gasteiger partial charge in [-0.05, 0) is 63.8 Å². The van der Waals surface area contributed by atoms with Crippen LogP contribution < -0.4 is 10.4 Å². The number of anilines is 2. The standard InChI is InChI=1S/C25H26BCl2N3O6S/c1-23(2)24(3,4)37-26(36-23)16-8-6-15(7-9-16)13-25(5)21(32)30(19-11-17(27)10-18(28)12-19)22-29-14-20(31(22)25)38(33,34)35/h6-12,14H,13H2,1-5H3,(H,33,34,35)/t25-/m1/s1. The van der Waals surface area contributed by atoms with E-state index in [0.29, 0.717) is 15.7 Å². The summed E-state index contributed by atoms with van der Waals surface area (Å²) in [6.07, 6.45) is 1.13. The molecule has 2 aromatic carbocycles. The number of aromatic nitrogens is 2. The van der Waals surface area contributed by atoms with Crippen molar-refractivity contribution in [3.63, 3.8) is 0 Å². The van der Waals surface area contributed by atoms with Crippen molar-refractivity contribution in [3.05, 3.63) is 64.3 Å². The molecule has 0 unspecified atom stereocenters. The Hall–Kier alpha value is -2.41. The minimum atomic E-state index is -4.70. The van der Waals surface area contributed by atoms with E-state index >= 15 is 0 Å². The second kappa shape index (κ2) is 8.80. The molecule has 200 valence electrons. The molecule has 1 amide bonds. The molecule has 38 heavy (non-hydrogen) atoms. The van der Waals surface area contributed by atoms with Crippen molar-refractivity contribution in [3.8, 4) is 0 Å². The van der Waals surface area contributed by atoms with Crippen LogP contribution in [0.25, 0.3) is 0 Å². The summed E-state index contributed by atoms with van der Waals surface area (Å²) in [7, 11) is -5.25. The van der Waals surface area contributed by atoms with E-state index < -0.39 is 44.9 Å². The molecular formula is C25H26BCl2N3O6S. The number of carbonyl (C=O) groups excluding carboxylic acids is 1. The number of amides is 1. The first kappa shape index (κ1) is 27.2. The number of nitrogens with zero attached hydrogens (tertiary/aromatic N) is 3. The maximum atomic E-state index is 13.9. The maximum absolute atomic E-state index is 13.9. The van der Waals surface area contributed by atoms with E-state index in [-0.39, 0.29) is 12.4 Å². The summed E-state index contributed by atoms with van der Waals surface area (Å²) in [6.45, 7) is 9.50. The summed E-state index contributed by atoms with van der Waals surface area (Å²) in [4.78, 5) is 19.4. The minimum Gasteiger partial charge on any atom is -0.399 e. The molecule has 0 aliphatic carbocycles. The molecule has 0 saturated carbocycles. The molecule has 1 atom stereocenters. The van der Waals surface area contributed by atoms with Gasteiger partial charge in [-0.3, -0.25) is 13.9 Å². The zero-order valence-corrected chi connectivity index (χ0v) is 23.7. The lowest BCUT2D eigenvalue weighted by Crippen LogP contribution is -2.42. The number of halogens is 2. The Labute approximate surface area is 231 Å². The van der Waals surface area contributed by atoms with Crippen LogP contribution in [0.3, 0.4) is 0 Å². The second-order valence-corrected chi connectivity index (χ2v) is 13.0. The maximum Gasteiger partial charge on any atom is 0.494 e. The van der Waals surface area contributed by atoms with Crippen molar-refractivity contribution < 1.29 is 27.1 Å². The van der Waals surface area contributed by atoms with Gasteiger partial charge in [-0.25, -0.2) is 9.88 Å². The number of hydrogen-bond acceptors (Lipinski definition) is 6. The summed E-state index contributed by atoms with van der Waals surface area (Å²) in [6, 6.07) is 12.0. The van der Waals surface area contributed by atoms with Crippen molar-refractivity contribution in [2.24, 2.45) is 0 Å². The average Bonchev–Trinajstić information content (AvgIpc) is 3.38. The third-order valence-electron chi connectivity index (χ3n) is 7.49. The molecule has 3 heterocycles. The number of fused-ring (bicyclic) bond motifs is 1. The molecule has 13 heteroatoms. The van der Waals surface area contributed by atoms with Crippen LogP contribution in [0.2, 0.25) is 10.0 Å². The highest BCUT2D eigenvalue weighted by Crippen LogP contribution is 2.44. The lowest BCUT2D eigenvalue weighted by Gasteiger charge is -2.32. The first-order valence-corrected chi connectivity index (χ1v) is 14.0. The van der Waals surface area contributed by atoms with Crippen molar-refractivity contribution >= 4 is 63.4 Å². The highest BCUT2D eigenvalue weighted by atomic mass is 35.5. The Morgan fingerprint density at radius 2 is 1.53 bits per heavy atom. The summed E-state index contributed by atoms with van der Waals surface area (Å²) < 4.78 is 47.9. The first-order chi connectivity index (χ1) is 17.5. The van der Waals surface area contributed by atoms with Gasteiger partial charge in [0.1, 0.15) is 5.54 Å². The Kier molecular flexibility index (Phi) is 6.30. The Morgan fingerprint density at radius 1 is 0.974 bits per heavy atom. The molecule has 1 fully saturated rings. The molecule has 2 aliphatic heterocycles. The smallest absolute Gasteiger partial charge is 0.399 e. The third-order valence-corrected chi connectivity index (χ3v) is 8.74. The molecule has 5 rings (SSSR count). The van der Waals surface area contributed by atoms with E-state index in [9.17, 15) is 17.8 Å². The molecule has 1 saturated heterocycles. The van der Waals surface area contributed by atoms with Crippen molar-refractivity contribution in [1.29, 1.82) is 0 Å². The van der Waals surface area contributed by atoms with E-state index in [1.165, 1.54) is 27.7 Å². The van der Waals surface area contributed by atoms with Gasteiger partial charge in [-0.1, -0.05) is 47.5 Å². The normalized spacial score (nSPS) is 22.3. The number of benzene rings is 2. The molecule has 3 aromatic rings. The van der Waals surface area contributed by atoms with E-state index in [1.54, 1.807) is 6.92 Å². The van der Waals surface area contributed by atoms with Gasteiger partial charge < -0.3 is 9.31 Å². The fourth-order valence-electron chi connectivity index (χ4n) is 4.78. The van der Waals surface area contributed by atoms with Gasteiger partial charge in [0.15, 0.2) is 5.03 Å². The quantitative estimate of drug-likeness (QED) is 0.354. The highest BCUT2D eigenvalue weighted by molar-refractivity contribution is 7.85. The lowest BCUT2D eigenvalue weighted by molar-refractivity contribution is -0.124. The number of imidazole rings is 1. The number of carbonyl (C=O) groups is 1. The van der Waals surface area contributed by atoms with Crippen molar-refractivity contribution in [1.82, 2.24) is 9.55 Å². The van der Waals surface area contributed by atoms with Gasteiger partial charge >= 0.3 is 17.2 Å². The van der Waals surface area contributed by atoms with Crippen molar-refractivity contribution in [2.45, 2.75) is 62.8 Å². The lowest BCUT2D eigenvalue weighted by atomic mass is 9.78. The van der Waals surface area contributed by atoms with E-state index in [2.05, 4.69) is 4.98 Å². The van der Waals surface area contributed by atoms with Gasteiger partial charge in [0, 0.05) is 16.5 Å². The topological polar surface area (TPSA) is 111 Å². The molecule has 2 aliphatic rings. The molecule has 9 nitrogen and oxygen atoms in total. The van der Waals surface area contributed by atoms with Gasteiger partial charge in [0.05, 0.1) is 23.1 Å². The molecular weight excluding hydrogens is 552 g/mol. The van der Waals surface area contributed by atoms with Crippen LogP contribution in [0.15, 0.2) is 53.7 Å². The molecule has 0 spiro atoms. The van der Waals surface area contributed by atoms with Crippen LogP contribution in [0, 0.1) is 0 Å². The number of rotatable bonds is 5. The molecule has 1 aromatic heterocycles. The average molecular weight is 578 g/mol. The Morgan fingerprint density at radius 3 is 2.05 bits per heavy atom. The first-order valence-electron chi connectivity index (χ1n) is 11.8. The summed E-state index contributed by atoms with van der Waals surface area (Å²) in [5.41, 5.74) is -0.549. The van der Waals surface area contributed by atoms with Crippen LogP contribution in [0.5, 0.6) is 0 Å². The zero-order chi connectivity index (χ0) is 27.8. The summed E-state index contributed by atoms with van der Waals surface area (Å²) >= 11 is 12.4. The Balaban J connectivity index is 1.53. The Bertz CT molecular complexity index is 1520.